The molecule has 0 spiro atoms. The van der Waals surface area contributed by atoms with Crippen LogP contribution in [0.2, 0.25) is 0 Å². The molecule has 23 heavy (non-hydrogen) atoms. The topological polar surface area (TPSA) is 63.6 Å². The van der Waals surface area contributed by atoms with Gasteiger partial charge in [-0.2, -0.15) is 0 Å². The maximum atomic E-state index is 11.6. The van der Waals surface area contributed by atoms with Crippen LogP contribution in [0.15, 0.2) is 23.8 Å². The standard InChI is InChI=1S/C19H28O4/c1-4-6-17(20)23-12-15-7-5-9-19(3)10-8-14(11-16(15)19)13(2)18(21)22/h7,14,16H,2,4-6,8-12H2,1,3H3,(H,21,22)/t14-,16+,19-/m1/s1. The van der Waals surface area contributed by atoms with Crippen LogP contribution in [0.25, 0.3) is 0 Å². The molecule has 4 nitrogen and oxygen atoms in total. The van der Waals surface area contributed by atoms with Crippen molar-refractivity contribution in [1.82, 2.24) is 0 Å². The van der Waals surface area contributed by atoms with Crippen LogP contribution >= 0.6 is 0 Å². The molecule has 0 saturated heterocycles. The number of carboxylic acid groups (broad SMARTS) is 1. The number of carbonyl (C=O) groups excluding carboxylic acids is 1. The Morgan fingerprint density at radius 2 is 2.17 bits per heavy atom. The van der Waals surface area contributed by atoms with E-state index in [-0.39, 0.29) is 17.3 Å². The highest BCUT2D eigenvalue weighted by Gasteiger charge is 2.44. The van der Waals surface area contributed by atoms with Gasteiger partial charge in [0.1, 0.15) is 6.61 Å². The third kappa shape index (κ3) is 4.04. The summed E-state index contributed by atoms with van der Waals surface area (Å²) in [5, 5.41) is 9.21. The highest BCUT2D eigenvalue weighted by Crippen LogP contribution is 2.53. The average Bonchev–Trinajstić information content (AvgIpc) is 2.51. The van der Waals surface area contributed by atoms with Crippen molar-refractivity contribution >= 4 is 11.9 Å². The molecule has 3 atom stereocenters. The van der Waals surface area contributed by atoms with Crippen LogP contribution in [0, 0.1) is 17.3 Å². The first kappa shape index (κ1) is 17.8. The van der Waals surface area contributed by atoms with E-state index in [0.717, 1.165) is 38.5 Å². The minimum Gasteiger partial charge on any atom is -0.478 e. The molecular formula is C19H28O4. The Hall–Kier alpha value is -1.58. The second-order valence-corrected chi connectivity index (χ2v) is 7.24. The molecule has 0 aromatic carbocycles. The number of hydrogen-bond donors (Lipinski definition) is 1. The van der Waals surface area contributed by atoms with Crippen LogP contribution < -0.4 is 0 Å². The fourth-order valence-corrected chi connectivity index (χ4v) is 4.08. The van der Waals surface area contributed by atoms with Gasteiger partial charge in [0.25, 0.3) is 0 Å². The van der Waals surface area contributed by atoms with E-state index >= 15 is 0 Å². The van der Waals surface area contributed by atoms with Crippen molar-refractivity contribution in [3.8, 4) is 0 Å². The van der Waals surface area contributed by atoms with Gasteiger partial charge < -0.3 is 9.84 Å². The van der Waals surface area contributed by atoms with E-state index in [1.54, 1.807) is 0 Å². The minimum atomic E-state index is -0.894. The van der Waals surface area contributed by atoms with Gasteiger partial charge in [-0.1, -0.05) is 26.5 Å². The van der Waals surface area contributed by atoms with Crippen LogP contribution in [0.5, 0.6) is 0 Å². The summed E-state index contributed by atoms with van der Waals surface area (Å²) in [7, 11) is 0. The van der Waals surface area contributed by atoms with E-state index in [9.17, 15) is 14.7 Å². The normalized spacial score (nSPS) is 30.1. The van der Waals surface area contributed by atoms with Gasteiger partial charge in [-0.15, -0.1) is 0 Å². The molecule has 1 saturated carbocycles. The summed E-state index contributed by atoms with van der Waals surface area (Å²) in [5.41, 5.74) is 1.68. The van der Waals surface area contributed by atoms with E-state index in [0.29, 0.717) is 24.5 Å². The lowest BCUT2D eigenvalue weighted by molar-refractivity contribution is -0.143. The fourth-order valence-electron chi connectivity index (χ4n) is 4.08. The molecule has 128 valence electrons. The minimum absolute atomic E-state index is 0.0263. The van der Waals surface area contributed by atoms with Crippen molar-refractivity contribution in [2.45, 2.75) is 58.8 Å². The number of allylic oxidation sites excluding steroid dienone is 1. The Morgan fingerprint density at radius 3 is 2.83 bits per heavy atom. The first-order chi connectivity index (χ1) is 10.9. The third-order valence-electron chi connectivity index (χ3n) is 5.62. The van der Waals surface area contributed by atoms with Gasteiger partial charge in [-0.3, -0.25) is 4.79 Å². The summed E-state index contributed by atoms with van der Waals surface area (Å²) >= 11 is 0. The molecule has 0 bridgehead atoms. The number of carboxylic acids is 1. The second kappa shape index (κ2) is 7.33. The summed E-state index contributed by atoms with van der Waals surface area (Å²) in [6.07, 6.45) is 8.27. The fraction of sp³-hybridized carbons (Fsp3) is 0.684. The zero-order valence-corrected chi connectivity index (χ0v) is 14.3. The summed E-state index contributed by atoms with van der Waals surface area (Å²) < 4.78 is 5.41. The highest BCUT2D eigenvalue weighted by molar-refractivity contribution is 5.86. The van der Waals surface area contributed by atoms with Gasteiger partial charge in [0, 0.05) is 12.0 Å². The Kier molecular flexibility index (Phi) is 5.66. The molecule has 2 aliphatic carbocycles. The lowest BCUT2D eigenvalue weighted by Crippen LogP contribution is -2.39. The average molecular weight is 320 g/mol. The molecule has 4 heteroatoms. The number of esters is 1. The van der Waals surface area contributed by atoms with Crippen molar-refractivity contribution < 1.29 is 19.4 Å². The zero-order valence-electron chi connectivity index (χ0n) is 14.3. The first-order valence-corrected chi connectivity index (χ1v) is 8.64. The van der Waals surface area contributed by atoms with E-state index in [1.807, 2.05) is 6.92 Å². The van der Waals surface area contributed by atoms with E-state index < -0.39 is 5.97 Å². The summed E-state index contributed by atoms with van der Waals surface area (Å²) in [4.78, 5) is 22.9. The van der Waals surface area contributed by atoms with Crippen LogP contribution in [0.3, 0.4) is 0 Å². The van der Waals surface area contributed by atoms with Crippen LogP contribution in [-0.2, 0) is 14.3 Å². The molecule has 0 aromatic heterocycles. The molecule has 0 unspecified atom stereocenters. The quantitative estimate of drug-likeness (QED) is 0.454. The largest absolute Gasteiger partial charge is 0.478 e. The molecule has 2 aliphatic rings. The molecule has 0 aliphatic heterocycles. The molecule has 0 amide bonds. The third-order valence-corrected chi connectivity index (χ3v) is 5.62. The predicted octanol–water partition coefficient (Wildman–Crippen LogP) is 4.11. The van der Waals surface area contributed by atoms with Gasteiger partial charge in [0.15, 0.2) is 0 Å². The smallest absolute Gasteiger partial charge is 0.331 e. The first-order valence-electron chi connectivity index (χ1n) is 8.64. The van der Waals surface area contributed by atoms with Crippen LogP contribution in [0.1, 0.15) is 58.8 Å². The highest BCUT2D eigenvalue weighted by atomic mass is 16.5. The summed E-state index contributed by atoms with van der Waals surface area (Å²) in [6, 6.07) is 0. The number of rotatable bonds is 6. The van der Waals surface area contributed by atoms with E-state index in [1.165, 1.54) is 5.57 Å². The zero-order chi connectivity index (χ0) is 17.0. The second-order valence-electron chi connectivity index (χ2n) is 7.24. The lowest BCUT2D eigenvalue weighted by Gasteiger charge is -2.48. The number of fused-ring (bicyclic) bond motifs is 1. The maximum Gasteiger partial charge on any atom is 0.331 e. The number of aliphatic carboxylic acids is 1. The Balaban J connectivity index is 2.08. The van der Waals surface area contributed by atoms with Crippen molar-refractivity contribution in [2.75, 3.05) is 6.61 Å². The Bertz CT molecular complexity index is 519. The predicted molar refractivity (Wildman–Crippen MR) is 88.9 cm³/mol. The van der Waals surface area contributed by atoms with Crippen molar-refractivity contribution in [1.29, 1.82) is 0 Å². The van der Waals surface area contributed by atoms with Crippen molar-refractivity contribution in [3.05, 3.63) is 23.8 Å². The summed E-state index contributed by atoms with van der Waals surface area (Å²) in [6.45, 7) is 8.36. The van der Waals surface area contributed by atoms with Gasteiger partial charge >= 0.3 is 11.9 Å². The van der Waals surface area contributed by atoms with Gasteiger partial charge in [-0.25, -0.2) is 4.79 Å². The number of carbonyl (C=O) groups is 2. The molecule has 1 fully saturated rings. The van der Waals surface area contributed by atoms with Crippen LogP contribution in [0.4, 0.5) is 0 Å². The maximum absolute atomic E-state index is 11.6. The molecular weight excluding hydrogens is 292 g/mol. The lowest BCUT2D eigenvalue weighted by atomic mass is 9.57. The molecule has 0 aromatic rings. The SMILES string of the molecule is C=C(C(=O)O)[C@@H]1CC[C@@]2(C)CCC=C(COC(=O)CCC)[C@@H]2C1. The van der Waals surface area contributed by atoms with Gasteiger partial charge in [0.2, 0.25) is 0 Å². The monoisotopic (exact) mass is 320 g/mol. The van der Waals surface area contributed by atoms with Crippen molar-refractivity contribution in [2.24, 2.45) is 17.3 Å². The van der Waals surface area contributed by atoms with E-state index in [2.05, 4.69) is 19.6 Å². The molecule has 2 rings (SSSR count). The Labute approximate surface area is 138 Å². The number of hydrogen-bond acceptors (Lipinski definition) is 3. The van der Waals surface area contributed by atoms with Gasteiger partial charge in [0.05, 0.1) is 0 Å². The Morgan fingerprint density at radius 1 is 1.43 bits per heavy atom. The van der Waals surface area contributed by atoms with Crippen LogP contribution in [-0.4, -0.2) is 23.7 Å². The van der Waals surface area contributed by atoms with Crippen molar-refractivity contribution in [3.63, 3.8) is 0 Å². The van der Waals surface area contributed by atoms with Gasteiger partial charge in [-0.05, 0) is 61.3 Å². The summed E-state index contributed by atoms with van der Waals surface area (Å²) in [5.74, 6) is -0.726. The molecule has 0 radical (unpaired) electrons. The molecule has 1 N–H and O–H groups in total. The van der Waals surface area contributed by atoms with E-state index in [4.69, 9.17) is 4.74 Å². The molecule has 0 heterocycles. The number of ether oxygens (including phenoxy) is 1.